The molecule has 0 aliphatic carbocycles. The van der Waals surface area contributed by atoms with Gasteiger partial charge in [-0.25, -0.2) is 13.4 Å². The molecule has 1 amide bonds. The summed E-state index contributed by atoms with van der Waals surface area (Å²) in [5, 5.41) is 12.9. The van der Waals surface area contributed by atoms with E-state index in [4.69, 9.17) is 0 Å². The summed E-state index contributed by atoms with van der Waals surface area (Å²) in [5.74, 6) is -2.10. The van der Waals surface area contributed by atoms with Crippen LogP contribution in [0.1, 0.15) is 12.0 Å². The van der Waals surface area contributed by atoms with Gasteiger partial charge in [-0.05, 0) is 31.0 Å². The third-order valence-electron chi connectivity index (χ3n) is 3.64. The largest absolute Gasteiger partial charge is 0.506 e. The molecule has 2 heterocycles. The van der Waals surface area contributed by atoms with E-state index in [0.29, 0.717) is 16.3 Å². The molecule has 114 valence electrons. The second-order valence-corrected chi connectivity index (χ2v) is 6.68. The summed E-state index contributed by atoms with van der Waals surface area (Å²) in [4.78, 5) is 11.2. The molecular formula is C12H14FN3O4S. The van der Waals surface area contributed by atoms with Gasteiger partial charge >= 0.3 is 10.2 Å². The van der Waals surface area contributed by atoms with Gasteiger partial charge in [-0.1, -0.05) is 6.07 Å². The summed E-state index contributed by atoms with van der Waals surface area (Å²) in [6.45, 7) is 0.327. The van der Waals surface area contributed by atoms with Gasteiger partial charge in [-0.3, -0.25) is 4.79 Å². The van der Waals surface area contributed by atoms with E-state index in [1.165, 1.54) is 12.1 Å². The van der Waals surface area contributed by atoms with E-state index in [-0.39, 0.29) is 6.04 Å². The molecule has 1 aromatic rings. The summed E-state index contributed by atoms with van der Waals surface area (Å²) in [5.41, 5.74) is -0.181. The highest BCUT2D eigenvalue weighted by Gasteiger charge is 2.38. The number of aromatic hydroxyl groups is 1. The molecule has 0 radical (unpaired) electrons. The van der Waals surface area contributed by atoms with Crippen molar-refractivity contribution >= 4 is 21.8 Å². The van der Waals surface area contributed by atoms with Gasteiger partial charge in [0, 0.05) is 6.04 Å². The molecule has 7 nitrogen and oxygen atoms in total. The van der Waals surface area contributed by atoms with Crippen molar-refractivity contribution in [3.8, 4) is 5.75 Å². The zero-order valence-corrected chi connectivity index (χ0v) is 11.8. The SMILES string of the molecule is O=C1CN(c2c(O)ccc(CC3CCN3)c2F)S(=O)(=O)N1. The highest BCUT2D eigenvalue weighted by Crippen LogP contribution is 2.35. The molecule has 0 bridgehead atoms. The number of benzene rings is 1. The second kappa shape index (κ2) is 4.85. The summed E-state index contributed by atoms with van der Waals surface area (Å²) in [7, 11) is -4.15. The van der Waals surface area contributed by atoms with Gasteiger partial charge in [0.05, 0.1) is 0 Å². The molecule has 0 aromatic heterocycles. The molecule has 0 spiro atoms. The number of anilines is 1. The van der Waals surface area contributed by atoms with Gasteiger partial charge in [-0.15, -0.1) is 0 Å². The van der Waals surface area contributed by atoms with Crippen molar-refractivity contribution in [2.45, 2.75) is 18.9 Å². The maximum atomic E-state index is 14.5. The Hall–Kier alpha value is -1.87. The zero-order valence-electron chi connectivity index (χ0n) is 11.0. The lowest BCUT2D eigenvalue weighted by Gasteiger charge is -2.28. The number of phenols is 1. The summed E-state index contributed by atoms with van der Waals surface area (Å²) >= 11 is 0. The Kier molecular flexibility index (Phi) is 3.25. The van der Waals surface area contributed by atoms with Crippen LogP contribution < -0.4 is 14.3 Å². The van der Waals surface area contributed by atoms with Crippen LogP contribution in [0.3, 0.4) is 0 Å². The van der Waals surface area contributed by atoms with Gasteiger partial charge in [0.15, 0.2) is 5.82 Å². The lowest BCUT2D eigenvalue weighted by Crippen LogP contribution is -2.44. The Labute approximate surface area is 120 Å². The monoisotopic (exact) mass is 315 g/mol. The quantitative estimate of drug-likeness (QED) is 0.706. The molecule has 3 rings (SSSR count). The predicted octanol–water partition coefficient (Wildman–Crippen LogP) is -0.383. The van der Waals surface area contributed by atoms with Crippen LogP contribution in [0.15, 0.2) is 12.1 Å². The van der Waals surface area contributed by atoms with Crippen LogP contribution in [-0.4, -0.2) is 38.6 Å². The van der Waals surface area contributed by atoms with Crippen LogP contribution in [-0.2, 0) is 21.4 Å². The number of carbonyl (C=O) groups excluding carboxylic acids is 1. The van der Waals surface area contributed by atoms with E-state index in [0.717, 1.165) is 13.0 Å². The van der Waals surface area contributed by atoms with E-state index in [9.17, 15) is 22.7 Å². The first-order valence-corrected chi connectivity index (χ1v) is 7.89. The minimum absolute atomic E-state index is 0.145. The molecule has 1 atom stereocenters. The molecule has 3 N–H and O–H groups in total. The number of hydrogen-bond donors (Lipinski definition) is 3. The molecule has 2 saturated heterocycles. The number of phenolic OH excluding ortho intramolecular Hbond substituents is 1. The third-order valence-corrected chi connectivity index (χ3v) is 5.01. The van der Waals surface area contributed by atoms with Crippen molar-refractivity contribution in [2.24, 2.45) is 0 Å². The molecule has 1 unspecified atom stereocenters. The summed E-state index contributed by atoms with van der Waals surface area (Å²) in [6.07, 6.45) is 1.31. The van der Waals surface area contributed by atoms with E-state index >= 15 is 0 Å². The molecule has 1 aromatic carbocycles. The number of carbonyl (C=O) groups is 1. The average molecular weight is 315 g/mol. The first-order chi connectivity index (χ1) is 9.88. The Morgan fingerprint density at radius 2 is 2.14 bits per heavy atom. The number of nitrogens with zero attached hydrogens (tertiary/aromatic N) is 1. The van der Waals surface area contributed by atoms with E-state index in [2.05, 4.69) is 5.32 Å². The topological polar surface area (TPSA) is 98.7 Å². The van der Waals surface area contributed by atoms with E-state index in [1.807, 2.05) is 0 Å². The maximum Gasteiger partial charge on any atom is 0.326 e. The molecular weight excluding hydrogens is 301 g/mol. The van der Waals surface area contributed by atoms with Crippen LogP contribution in [0, 0.1) is 5.82 Å². The smallest absolute Gasteiger partial charge is 0.326 e. The molecule has 9 heteroatoms. The average Bonchev–Trinajstić information content (AvgIpc) is 2.60. The van der Waals surface area contributed by atoms with Gasteiger partial charge in [-0.2, -0.15) is 8.42 Å². The Morgan fingerprint density at radius 3 is 2.67 bits per heavy atom. The number of rotatable bonds is 3. The number of nitrogens with one attached hydrogen (secondary N) is 2. The van der Waals surface area contributed by atoms with Gasteiger partial charge in [0.2, 0.25) is 0 Å². The number of hydrogen-bond acceptors (Lipinski definition) is 5. The third kappa shape index (κ3) is 2.42. The van der Waals surface area contributed by atoms with E-state index < -0.39 is 39.9 Å². The van der Waals surface area contributed by atoms with Gasteiger partial charge < -0.3 is 10.4 Å². The molecule has 21 heavy (non-hydrogen) atoms. The first kappa shape index (κ1) is 14.1. The number of amides is 1. The zero-order chi connectivity index (χ0) is 15.2. The molecule has 0 saturated carbocycles. The van der Waals surface area contributed by atoms with Crippen LogP contribution in [0.5, 0.6) is 5.75 Å². The van der Waals surface area contributed by atoms with Crippen molar-refractivity contribution in [3.05, 3.63) is 23.5 Å². The molecule has 2 aliphatic rings. The Bertz CT molecular complexity index is 703. The summed E-state index contributed by atoms with van der Waals surface area (Å²) in [6, 6.07) is 2.81. The normalized spacial score (nSPS) is 23.8. The molecule has 2 fully saturated rings. The Balaban J connectivity index is 2.01. The van der Waals surface area contributed by atoms with Gasteiger partial charge in [0.25, 0.3) is 5.91 Å². The van der Waals surface area contributed by atoms with Crippen molar-refractivity contribution in [2.75, 3.05) is 17.4 Å². The van der Waals surface area contributed by atoms with Crippen LogP contribution in [0.4, 0.5) is 10.1 Å². The first-order valence-electron chi connectivity index (χ1n) is 6.45. The van der Waals surface area contributed by atoms with Gasteiger partial charge in [0.1, 0.15) is 18.0 Å². The highest BCUT2D eigenvalue weighted by atomic mass is 32.2. The minimum Gasteiger partial charge on any atom is -0.506 e. The van der Waals surface area contributed by atoms with Crippen molar-refractivity contribution < 1.29 is 22.7 Å². The standard InChI is InChI=1S/C12H14FN3O4S/c13-11-7(5-8-3-4-14-8)1-2-9(17)12(11)16-6-10(18)15-21(16,19)20/h1-2,8,14,17H,3-6H2,(H,15,18). The molecule has 2 aliphatic heterocycles. The van der Waals surface area contributed by atoms with E-state index in [1.54, 1.807) is 4.72 Å². The summed E-state index contributed by atoms with van der Waals surface area (Å²) < 4.78 is 40.4. The maximum absolute atomic E-state index is 14.5. The fourth-order valence-electron chi connectivity index (χ4n) is 2.43. The van der Waals surface area contributed by atoms with Crippen LogP contribution in [0.2, 0.25) is 0 Å². The van der Waals surface area contributed by atoms with Crippen LogP contribution in [0.25, 0.3) is 0 Å². The van der Waals surface area contributed by atoms with Crippen molar-refractivity contribution in [3.63, 3.8) is 0 Å². The van der Waals surface area contributed by atoms with Crippen molar-refractivity contribution in [1.82, 2.24) is 10.0 Å². The lowest BCUT2D eigenvalue weighted by atomic mass is 9.97. The lowest BCUT2D eigenvalue weighted by molar-refractivity contribution is -0.117. The number of halogens is 1. The van der Waals surface area contributed by atoms with Crippen LogP contribution >= 0.6 is 0 Å². The predicted molar refractivity (Wildman–Crippen MR) is 72.6 cm³/mol. The minimum atomic E-state index is -4.15. The van der Waals surface area contributed by atoms with Crippen molar-refractivity contribution in [1.29, 1.82) is 0 Å². The second-order valence-electron chi connectivity index (χ2n) is 5.09. The Morgan fingerprint density at radius 1 is 1.43 bits per heavy atom. The fraction of sp³-hybridized carbons (Fsp3) is 0.417. The fourth-order valence-corrected chi connectivity index (χ4v) is 3.59. The highest BCUT2D eigenvalue weighted by molar-refractivity contribution is 7.92.